The Kier molecular flexibility index (Phi) is 7.27. The topological polar surface area (TPSA) is 6.48 Å². The highest BCUT2D eigenvalue weighted by molar-refractivity contribution is 14.0. The first-order valence-corrected chi connectivity index (χ1v) is 1.99. The molecule has 0 fully saturated rings. The molecule has 2 nitrogen and oxygen atoms in total. The SMILES string of the molecule is CN(C)N(C)C.I. The van der Waals surface area contributed by atoms with E-state index in [1.54, 1.807) is 0 Å². The number of hydrogen-bond donors (Lipinski definition) is 0. The molecule has 0 bridgehead atoms. The van der Waals surface area contributed by atoms with Gasteiger partial charge in [0.2, 0.25) is 0 Å². The molecule has 0 atom stereocenters. The van der Waals surface area contributed by atoms with E-state index in [9.17, 15) is 0 Å². The van der Waals surface area contributed by atoms with Gasteiger partial charge in [0, 0.05) is 28.2 Å². The molecule has 0 aromatic rings. The second kappa shape index (κ2) is 4.80. The normalized spacial score (nSPS) is 9.43. The van der Waals surface area contributed by atoms with Crippen LogP contribution in [0, 0.1) is 0 Å². The van der Waals surface area contributed by atoms with Crippen molar-refractivity contribution in [3.63, 3.8) is 0 Å². The molecule has 0 aromatic carbocycles. The Morgan fingerprint density at radius 3 is 0.857 bits per heavy atom. The number of rotatable bonds is 1. The van der Waals surface area contributed by atoms with E-state index in [2.05, 4.69) is 0 Å². The van der Waals surface area contributed by atoms with Gasteiger partial charge in [0.1, 0.15) is 0 Å². The lowest BCUT2D eigenvalue weighted by Gasteiger charge is -2.17. The van der Waals surface area contributed by atoms with Gasteiger partial charge in [-0.05, 0) is 0 Å². The van der Waals surface area contributed by atoms with Gasteiger partial charge in [-0.15, -0.1) is 24.0 Å². The molecule has 3 heteroatoms. The molecule has 0 heterocycles. The molecule has 0 spiro atoms. The Hall–Kier alpha value is 0.650. The molecule has 0 radical (unpaired) electrons. The van der Waals surface area contributed by atoms with E-state index in [0.29, 0.717) is 0 Å². The van der Waals surface area contributed by atoms with Crippen LogP contribution in [-0.4, -0.2) is 38.2 Å². The molecule has 0 unspecified atom stereocenters. The van der Waals surface area contributed by atoms with Gasteiger partial charge in [-0.3, -0.25) is 0 Å². The molecule has 0 saturated heterocycles. The van der Waals surface area contributed by atoms with E-state index in [1.807, 2.05) is 38.2 Å². The van der Waals surface area contributed by atoms with Crippen LogP contribution >= 0.6 is 24.0 Å². The van der Waals surface area contributed by atoms with Gasteiger partial charge >= 0.3 is 0 Å². The van der Waals surface area contributed by atoms with Gasteiger partial charge < -0.3 is 0 Å². The largest absolute Gasteiger partial charge is 0.248 e. The third-order valence-electron chi connectivity index (χ3n) is 0.800. The van der Waals surface area contributed by atoms with Gasteiger partial charge in [-0.25, -0.2) is 10.0 Å². The summed E-state index contributed by atoms with van der Waals surface area (Å²) in [5, 5.41) is 4.00. The lowest BCUT2D eigenvalue weighted by Crippen LogP contribution is -2.28. The average Bonchev–Trinajstić information content (AvgIpc) is 1.36. The zero-order valence-electron chi connectivity index (χ0n) is 5.30. The summed E-state index contributed by atoms with van der Waals surface area (Å²) in [7, 11) is 8.00. The first kappa shape index (κ1) is 10.6. The van der Waals surface area contributed by atoms with Crippen molar-refractivity contribution < 1.29 is 0 Å². The van der Waals surface area contributed by atoms with Crippen molar-refractivity contribution in [3.05, 3.63) is 0 Å². The number of nitrogens with zero attached hydrogens (tertiary/aromatic N) is 2. The second-order valence-corrected chi connectivity index (χ2v) is 1.69. The first-order chi connectivity index (χ1) is 2.64. The molecule has 0 rings (SSSR count). The van der Waals surface area contributed by atoms with E-state index in [-0.39, 0.29) is 24.0 Å². The summed E-state index contributed by atoms with van der Waals surface area (Å²) in [6.07, 6.45) is 0. The van der Waals surface area contributed by atoms with Crippen LogP contribution in [0.1, 0.15) is 0 Å². The van der Waals surface area contributed by atoms with Crippen LogP contribution in [0.15, 0.2) is 0 Å². The summed E-state index contributed by atoms with van der Waals surface area (Å²) in [6, 6.07) is 0. The molecule has 46 valence electrons. The quantitative estimate of drug-likeness (QED) is 0.469. The van der Waals surface area contributed by atoms with E-state index >= 15 is 0 Å². The number of hydrazine groups is 1. The fourth-order valence-corrected chi connectivity index (χ4v) is 0. The van der Waals surface area contributed by atoms with Crippen LogP contribution < -0.4 is 0 Å². The molecule has 0 aliphatic carbocycles. The summed E-state index contributed by atoms with van der Waals surface area (Å²) >= 11 is 0. The Morgan fingerprint density at radius 1 is 0.714 bits per heavy atom. The van der Waals surface area contributed by atoms with Gasteiger partial charge in [0.05, 0.1) is 0 Å². The maximum Gasteiger partial charge on any atom is 0.00151 e. The highest BCUT2D eigenvalue weighted by atomic mass is 127. The molecule has 0 aromatic heterocycles. The van der Waals surface area contributed by atoms with Crippen molar-refractivity contribution >= 4 is 24.0 Å². The monoisotopic (exact) mass is 216 g/mol. The van der Waals surface area contributed by atoms with Crippen molar-refractivity contribution in [1.82, 2.24) is 10.0 Å². The van der Waals surface area contributed by atoms with Crippen LogP contribution in [0.5, 0.6) is 0 Å². The fraction of sp³-hybridized carbons (Fsp3) is 1.00. The Balaban J connectivity index is 0. The molecular weight excluding hydrogens is 203 g/mol. The molecule has 0 aliphatic heterocycles. The van der Waals surface area contributed by atoms with E-state index in [4.69, 9.17) is 0 Å². The van der Waals surface area contributed by atoms with Gasteiger partial charge in [-0.2, -0.15) is 0 Å². The predicted octanol–water partition coefficient (Wildman–Crippen LogP) is 0.643. The molecule has 0 saturated carbocycles. The van der Waals surface area contributed by atoms with Gasteiger partial charge in [0.15, 0.2) is 0 Å². The number of hydrogen-bond acceptors (Lipinski definition) is 2. The predicted molar refractivity (Wildman–Crippen MR) is 42.8 cm³/mol. The molecular formula is C4H13IN2. The summed E-state index contributed by atoms with van der Waals surface area (Å²) < 4.78 is 0. The smallest absolute Gasteiger partial charge is 0.00151 e. The zero-order chi connectivity index (χ0) is 5.15. The van der Waals surface area contributed by atoms with Crippen molar-refractivity contribution in [1.29, 1.82) is 0 Å². The van der Waals surface area contributed by atoms with Crippen LogP contribution in [0.2, 0.25) is 0 Å². The number of halogens is 1. The first-order valence-electron chi connectivity index (χ1n) is 1.99. The van der Waals surface area contributed by atoms with Crippen molar-refractivity contribution in [3.8, 4) is 0 Å². The third-order valence-corrected chi connectivity index (χ3v) is 0.800. The zero-order valence-corrected chi connectivity index (χ0v) is 7.63. The summed E-state index contributed by atoms with van der Waals surface area (Å²) in [5.41, 5.74) is 0. The fourth-order valence-electron chi connectivity index (χ4n) is 0. The van der Waals surface area contributed by atoms with Crippen LogP contribution in [0.3, 0.4) is 0 Å². The second-order valence-electron chi connectivity index (χ2n) is 1.69. The average molecular weight is 216 g/mol. The van der Waals surface area contributed by atoms with Crippen LogP contribution in [-0.2, 0) is 0 Å². The lowest BCUT2D eigenvalue weighted by molar-refractivity contribution is 0.0894. The van der Waals surface area contributed by atoms with E-state index < -0.39 is 0 Å². The van der Waals surface area contributed by atoms with Crippen molar-refractivity contribution in [2.24, 2.45) is 0 Å². The van der Waals surface area contributed by atoms with Crippen LogP contribution in [0.25, 0.3) is 0 Å². The summed E-state index contributed by atoms with van der Waals surface area (Å²) in [4.78, 5) is 0. The Labute approximate surface area is 62.5 Å². The maximum atomic E-state index is 2.00. The third kappa shape index (κ3) is 6.65. The summed E-state index contributed by atoms with van der Waals surface area (Å²) in [5.74, 6) is 0. The van der Waals surface area contributed by atoms with Crippen LogP contribution in [0.4, 0.5) is 0 Å². The van der Waals surface area contributed by atoms with Gasteiger partial charge in [-0.1, -0.05) is 0 Å². The summed E-state index contributed by atoms with van der Waals surface area (Å²) in [6.45, 7) is 0. The molecule has 0 N–H and O–H groups in total. The highest BCUT2D eigenvalue weighted by Crippen LogP contribution is 1.72. The Bertz CT molecular complexity index is 30.7. The standard InChI is InChI=1S/C4H12N2.HI/c1-5(2)6(3)4;/h1-4H3;1H. The van der Waals surface area contributed by atoms with Crippen molar-refractivity contribution in [2.75, 3.05) is 28.2 Å². The van der Waals surface area contributed by atoms with Crippen molar-refractivity contribution in [2.45, 2.75) is 0 Å². The molecule has 7 heavy (non-hydrogen) atoms. The molecule has 0 amide bonds. The Morgan fingerprint density at radius 2 is 0.857 bits per heavy atom. The minimum absolute atomic E-state index is 0. The molecule has 0 aliphatic rings. The minimum atomic E-state index is 0. The van der Waals surface area contributed by atoms with E-state index in [1.165, 1.54) is 0 Å². The maximum absolute atomic E-state index is 2.00. The minimum Gasteiger partial charge on any atom is -0.248 e. The lowest BCUT2D eigenvalue weighted by atomic mass is 11.0. The highest BCUT2D eigenvalue weighted by Gasteiger charge is 1.84. The van der Waals surface area contributed by atoms with Gasteiger partial charge in [0.25, 0.3) is 0 Å². The van der Waals surface area contributed by atoms with E-state index in [0.717, 1.165) is 0 Å².